The summed E-state index contributed by atoms with van der Waals surface area (Å²) >= 11 is 1.45. The molecule has 0 N–H and O–H groups in total. The first-order chi connectivity index (χ1) is 13.5. The van der Waals surface area contributed by atoms with Crippen LogP contribution in [0.25, 0.3) is 0 Å². The Morgan fingerprint density at radius 3 is 2.61 bits per heavy atom. The third-order valence-corrected chi connectivity index (χ3v) is 6.43. The fourth-order valence-corrected chi connectivity index (χ4v) is 4.68. The van der Waals surface area contributed by atoms with Crippen molar-refractivity contribution in [3.63, 3.8) is 0 Å². The van der Waals surface area contributed by atoms with Gasteiger partial charge in [-0.15, -0.1) is 0 Å². The average Bonchev–Trinajstić information content (AvgIpc) is 3.19. The fourth-order valence-electron chi connectivity index (χ4n) is 3.84. The van der Waals surface area contributed by atoms with Crippen LogP contribution in [0.5, 0.6) is 0 Å². The molecule has 4 heterocycles. The summed E-state index contributed by atoms with van der Waals surface area (Å²) in [6, 6.07) is 1.83. The van der Waals surface area contributed by atoms with Gasteiger partial charge in [-0.05, 0) is 19.9 Å². The Balaban J connectivity index is 1.48. The van der Waals surface area contributed by atoms with E-state index in [1.165, 1.54) is 11.5 Å². The number of piperidine rings is 1. The monoisotopic (exact) mass is 403 g/mol. The minimum Gasteiger partial charge on any atom is -0.368 e. The van der Waals surface area contributed by atoms with E-state index in [4.69, 9.17) is 0 Å². The molecule has 0 aromatic carbocycles. The van der Waals surface area contributed by atoms with Gasteiger partial charge in [0.15, 0.2) is 0 Å². The number of hydrogen-bond donors (Lipinski definition) is 0. The van der Waals surface area contributed by atoms with Crippen LogP contribution in [0.4, 0.5) is 10.8 Å². The van der Waals surface area contributed by atoms with Crippen molar-refractivity contribution in [1.82, 2.24) is 24.0 Å². The van der Waals surface area contributed by atoms with Crippen LogP contribution in [0.1, 0.15) is 44.5 Å². The van der Waals surface area contributed by atoms with Gasteiger partial charge >= 0.3 is 0 Å². The maximum Gasteiger partial charge on any atom is 0.269 e. The van der Waals surface area contributed by atoms with Gasteiger partial charge in [-0.1, -0.05) is 13.8 Å². The minimum atomic E-state index is -0.0107. The largest absolute Gasteiger partial charge is 0.368 e. The van der Waals surface area contributed by atoms with Crippen molar-refractivity contribution in [3.8, 4) is 0 Å². The van der Waals surface area contributed by atoms with Crippen LogP contribution in [-0.4, -0.2) is 70.4 Å². The van der Waals surface area contributed by atoms with Gasteiger partial charge in [0, 0.05) is 62.8 Å². The number of rotatable bonds is 4. The quantitative estimate of drug-likeness (QED) is 0.771. The van der Waals surface area contributed by atoms with Gasteiger partial charge < -0.3 is 14.7 Å². The first kappa shape index (κ1) is 19.3. The smallest absolute Gasteiger partial charge is 0.269 e. The van der Waals surface area contributed by atoms with Crippen LogP contribution in [-0.2, 0) is 0 Å². The molecule has 9 heteroatoms. The third-order valence-electron chi connectivity index (χ3n) is 5.64. The first-order valence-electron chi connectivity index (χ1n) is 10.1. The van der Waals surface area contributed by atoms with Crippen molar-refractivity contribution in [1.29, 1.82) is 0 Å². The van der Waals surface area contributed by atoms with Crippen molar-refractivity contribution >= 4 is 22.4 Å². The predicted octanol–water partition coefficient (Wildman–Crippen LogP) is 1.81. The molecule has 2 fully saturated rings. The van der Waals surface area contributed by atoms with Gasteiger partial charge in [-0.3, -0.25) is 4.79 Å². The van der Waals surface area contributed by atoms with Gasteiger partial charge in [0.25, 0.3) is 5.56 Å². The lowest BCUT2D eigenvalue weighted by atomic mass is 10.1. The zero-order valence-corrected chi connectivity index (χ0v) is 17.7. The molecule has 0 amide bonds. The lowest BCUT2D eigenvalue weighted by Gasteiger charge is -2.34. The van der Waals surface area contributed by atoms with Crippen LogP contribution in [0, 0.1) is 0 Å². The lowest BCUT2D eigenvalue weighted by Crippen LogP contribution is -2.45. The molecule has 2 aliphatic heterocycles. The van der Waals surface area contributed by atoms with Crippen LogP contribution in [0.2, 0.25) is 0 Å². The number of likely N-dealkylation sites (N-methyl/N-ethyl adjacent to an activating group) is 1. The summed E-state index contributed by atoms with van der Waals surface area (Å²) in [5.74, 6) is 1.23. The number of piperazine rings is 1. The molecule has 0 unspecified atom stereocenters. The van der Waals surface area contributed by atoms with Crippen molar-refractivity contribution in [3.05, 3.63) is 28.4 Å². The summed E-state index contributed by atoms with van der Waals surface area (Å²) in [6.07, 6.45) is 3.84. The van der Waals surface area contributed by atoms with Crippen LogP contribution >= 0.6 is 11.5 Å². The van der Waals surface area contributed by atoms with E-state index in [9.17, 15) is 4.79 Å². The highest BCUT2D eigenvalue weighted by molar-refractivity contribution is 7.09. The van der Waals surface area contributed by atoms with Crippen LogP contribution < -0.4 is 15.4 Å². The topological polar surface area (TPSA) is 70.4 Å². The van der Waals surface area contributed by atoms with E-state index in [0.29, 0.717) is 5.92 Å². The number of aromatic nitrogens is 4. The molecule has 28 heavy (non-hydrogen) atoms. The fraction of sp³-hybridized carbons (Fsp3) is 0.684. The lowest BCUT2D eigenvalue weighted by molar-refractivity contribution is 0.312. The summed E-state index contributed by atoms with van der Waals surface area (Å²) in [5.41, 5.74) is 0.927. The van der Waals surface area contributed by atoms with Crippen molar-refractivity contribution in [2.45, 2.75) is 38.6 Å². The standard InChI is InChI=1S/C19H29N7OS/c1-14(2)18-21-19(28-22-18)25-6-4-5-15(13-25)26-17(27)11-16(12-20-26)24-9-7-23(3)8-10-24/h11-12,14-15H,4-10,13H2,1-3H3/t15-/m0/s1. The van der Waals surface area contributed by atoms with E-state index in [0.717, 1.165) is 68.8 Å². The van der Waals surface area contributed by atoms with E-state index in [1.54, 1.807) is 10.7 Å². The molecule has 4 rings (SSSR count). The molecule has 152 valence electrons. The van der Waals surface area contributed by atoms with E-state index >= 15 is 0 Å². The van der Waals surface area contributed by atoms with Gasteiger partial charge in [0.05, 0.1) is 17.9 Å². The molecule has 0 aliphatic carbocycles. The summed E-state index contributed by atoms with van der Waals surface area (Å²) in [6.45, 7) is 9.83. The molecule has 0 saturated carbocycles. The minimum absolute atomic E-state index is 0.0107. The zero-order chi connectivity index (χ0) is 19.7. The van der Waals surface area contributed by atoms with Crippen molar-refractivity contribution in [2.24, 2.45) is 0 Å². The Bertz CT molecular complexity index is 856. The van der Waals surface area contributed by atoms with Gasteiger partial charge in [-0.25, -0.2) is 9.67 Å². The van der Waals surface area contributed by atoms with E-state index < -0.39 is 0 Å². The third kappa shape index (κ3) is 4.05. The van der Waals surface area contributed by atoms with E-state index in [2.05, 4.69) is 50.1 Å². The number of anilines is 2. The van der Waals surface area contributed by atoms with E-state index in [-0.39, 0.29) is 11.6 Å². The van der Waals surface area contributed by atoms with E-state index in [1.807, 2.05) is 6.20 Å². The molecule has 0 bridgehead atoms. The Labute approximate surface area is 170 Å². The second-order valence-corrected chi connectivity index (χ2v) is 8.85. The maximum atomic E-state index is 12.8. The van der Waals surface area contributed by atoms with Crippen LogP contribution in [0.3, 0.4) is 0 Å². The highest BCUT2D eigenvalue weighted by atomic mass is 32.1. The highest BCUT2D eigenvalue weighted by Crippen LogP contribution is 2.28. The van der Waals surface area contributed by atoms with Gasteiger partial charge in [-0.2, -0.15) is 9.47 Å². The molecule has 2 aromatic heterocycles. The Hall–Kier alpha value is -2.00. The molecule has 8 nitrogen and oxygen atoms in total. The molecule has 0 radical (unpaired) electrons. The van der Waals surface area contributed by atoms with Gasteiger partial charge in [0.2, 0.25) is 5.13 Å². The van der Waals surface area contributed by atoms with Gasteiger partial charge in [0.1, 0.15) is 5.82 Å². The normalized spacial score (nSPS) is 21.5. The second-order valence-electron chi connectivity index (χ2n) is 8.12. The average molecular weight is 404 g/mol. The number of hydrogen-bond acceptors (Lipinski definition) is 8. The molecule has 0 spiro atoms. The summed E-state index contributed by atoms with van der Waals surface area (Å²) in [5, 5.41) is 5.50. The predicted molar refractivity (Wildman–Crippen MR) is 113 cm³/mol. The summed E-state index contributed by atoms with van der Waals surface area (Å²) in [7, 11) is 2.13. The maximum absolute atomic E-state index is 12.8. The highest BCUT2D eigenvalue weighted by Gasteiger charge is 2.26. The molecular weight excluding hydrogens is 374 g/mol. The summed E-state index contributed by atoms with van der Waals surface area (Å²) < 4.78 is 6.13. The van der Waals surface area contributed by atoms with Crippen molar-refractivity contribution < 1.29 is 0 Å². The molecule has 2 aliphatic rings. The molecule has 2 saturated heterocycles. The molecule has 1 atom stereocenters. The Morgan fingerprint density at radius 2 is 1.93 bits per heavy atom. The SMILES string of the molecule is CC(C)c1nsc(N2CCC[C@H](n3ncc(N4CCN(C)CC4)cc3=O)C2)n1. The zero-order valence-electron chi connectivity index (χ0n) is 16.9. The number of nitrogens with zero attached hydrogens (tertiary/aromatic N) is 7. The molecule has 2 aromatic rings. The molecular formula is C19H29N7OS. The Morgan fingerprint density at radius 1 is 1.14 bits per heavy atom. The Kier molecular flexibility index (Phi) is 5.63. The second kappa shape index (κ2) is 8.16. The van der Waals surface area contributed by atoms with Crippen molar-refractivity contribution in [2.75, 3.05) is 56.1 Å². The van der Waals surface area contributed by atoms with Crippen LogP contribution in [0.15, 0.2) is 17.1 Å². The summed E-state index contributed by atoms with van der Waals surface area (Å²) in [4.78, 5) is 24.3. The first-order valence-corrected chi connectivity index (χ1v) is 10.9.